The third-order valence-electron chi connectivity index (χ3n) is 4.97. The third-order valence-corrected chi connectivity index (χ3v) is 4.97. The Bertz CT molecular complexity index is 886. The molecule has 0 aromatic heterocycles. The lowest BCUT2D eigenvalue weighted by molar-refractivity contribution is 0.306. The van der Waals surface area contributed by atoms with Crippen LogP contribution in [0.3, 0.4) is 0 Å². The summed E-state index contributed by atoms with van der Waals surface area (Å²) in [6.07, 6.45) is 0.964. The molecular formula is C23H23NO. The van der Waals surface area contributed by atoms with Gasteiger partial charge in [0.1, 0.15) is 12.4 Å². The van der Waals surface area contributed by atoms with E-state index in [4.69, 9.17) is 10.5 Å². The SMILES string of the molecule is Cc1ccc2c(c1)C(CCN)c1cc(OCc3ccccc3)ccc1-2. The van der Waals surface area contributed by atoms with Gasteiger partial charge in [0.15, 0.2) is 0 Å². The van der Waals surface area contributed by atoms with E-state index in [9.17, 15) is 0 Å². The highest BCUT2D eigenvalue weighted by Crippen LogP contribution is 2.47. The average Bonchev–Trinajstić information content (AvgIpc) is 2.94. The molecule has 126 valence electrons. The Kier molecular flexibility index (Phi) is 4.29. The molecule has 0 saturated carbocycles. The first-order valence-corrected chi connectivity index (χ1v) is 8.88. The van der Waals surface area contributed by atoms with E-state index in [0.29, 0.717) is 19.1 Å². The zero-order valence-electron chi connectivity index (χ0n) is 14.5. The van der Waals surface area contributed by atoms with Crippen LogP contribution in [0.4, 0.5) is 0 Å². The van der Waals surface area contributed by atoms with E-state index in [1.807, 2.05) is 18.2 Å². The van der Waals surface area contributed by atoms with E-state index in [1.165, 1.54) is 33.4 Å². The summed E-state index contributed by atoms with van der Waals surface area (Å²) in [7, 11) is 0. The first kappa shape index (κ1) is 15.9. The number of ether oxygens (including phenoxy) is 1. The number of benzene rings is 3. The summed E-state index contributed by atoms with van der Waals surface area (Å²) in [5.41, 5.74) is 13.8. The smallest absolute Gasteiger partial charge is 0.120 e. The summed E-state index contributed by atoms with van der Waals surface area (Å²) in [5.74, 6) is 1.30. The van der Waals surface area contributed by atoms with Crippen LogP contribution in [-0.4, -0.2) is 6.54 Å². The first-order chi connectivity index (χ1) is 12.3. The summed E-state index contributed by atoms with van der Waals surface area (Å²) in [4.78, 5) is 0. The predicted octanol–water partition coefficient (Wildman–Crippen LogP) is 5.04. The quantitative estimate of drug-likeness (QED) is 0.712. The summed E-state index contributed by atoms with van der Waals surface area (Å²) >= 11 is 0. The Morgan fingerprint density at radius 1 is 0.880 bits per heavy atom. The lowest BCUT2D eigenvalue weighted by atomic mass is 9.93. The molecule has 3 aromatic rings. The van der Waals surface area contributed by atoms with E-state index >= 15 is 0 Å². The zero-order chi connectivity index (χ0) is 17.2. The molecule has 3 aromatic carbocycles. The predicted molar refractivity (Wildman–Crippen MR) is 103 cm³/mol. The van der Waals surface area contributed by atoms with Gasteiger partial charge in [0.05, 0.1) is 0 Å². The molecule has 1 atom stereocenters. The Hall–Kier alpha value is -2.58. The van der Waals surface area contributed by atoms with E-state index in [2.05, 4.69) is 55.5 Å². The minimum Gasteiger partial charge on any atom is -0.489 e. The summed E-state index contributed by atoms with van der Waals surface area (Å²) in [5, 5.41) is 0. The fourth-order valence-electron chi connectivity index (χ4n) is 3.77. The van der Waals surface area contributed by atoms with Crippen LogP contribution in [0.5, 0.6) is 5.75 Å². The van der Waals surface area contributed by atoms with Crippen molar-refractivity contribution < 1.29 is 4.74 Å². The maximum atomic E-state index is 6.04. The van der Waals surface area contributed by atoms with E-state index in [-0.39, 0.29) is 0 Å². The highest BCUT2D eigenvalue weighted by Gasteiger charge is 2.28. The van der Waals surface area contributed by atoms with Crippen molar-refractivity contribution in [3.05, 3.63) is 89.0 Å². The Morgan fingerprint density at radius 2 is 1.60 bits per heavy atom. The largest absolute Gasteiger partial charge is 0.489 e. The van der Waals surface area contributed by atoms with Crippen LogP contribution in [0.15, 0.2) is 66.7 Å². The molecule has 0 fully saturated rings. The summed E-state index contributed by atoms with van der Waals surface area (Å²) in [6, 6.07) is 23.5. The molecule has 0 saturated heterocycles. The Morgan fingerprint density at radius 3 is 2.36 bits per heavy atom. The molecule has 2 N–H and O–H groups in total. The van der Waals surface area contributed by atoms with Gasteiger partial charge in [0, 0.05) is 5.92 Å². The van der Waals surface area contributed by atoms with Crippen molar-refractivity contribution in [3.8, 4) is 16.9 Å². The second-order valence-corrected chi connectivity index (χ2v) is 6.74. The van der Waals surface area contributed by atoms with E-state index in [0.717, 1.165) is 12.2 Å². The molecule has 0 spiro atoms. The minimum absolute atomic E-state index is 0.371. The van der Waals surface area contributed by atoms with Crippen molar-refractivity contribution >= 4 is 0 Å². The van der Waals surface area contributed by atoms with Crippen molar-refractivity contribution in [2.45, 2.75) is 25.9 Å². The summed E-state index contributed by atoms with van der Waals surface area (Å²) in [6.45, 7) is 3.43. The van der Waals surface area contributed by atoms with E-state index < -0.39 is 0 Å². The lowest BCUT2D eigenvalue weighted by Crippen LogP contribution is -2.06. The average molecular weight is 329 g/mol. The molecule has 0 heterocycles. The van der Waals surface area contributed by atoms with Crippen LogP contribution in [0, 0.1) is 6.92 Å². The number of rotatable bonds is 5. The Labute approximate surface area is 149 Å². The van der Waals surface area contributed by atoms with Gasteiger partial charge in [-0.15, -0.1) is 0 Å². The van der Waals surface area contributed by atoms with Crippen molar-refractivity contribution in [1.82, 2.24) is 0 Å². The normalized spacial score (nSPS) is 14.9. The maximum Gasteiger partial charge on any atom is 0.120 e. The first-order valence-electron chi connectivity index (χ1n) is 8.88. The molecule has 1 unspecified atom stereocenters. The molecule has 0 aliphatic heterocycles. The van der Waals surface area contributed by atoms with Crippen LogP contribution in [0.1, 0.15) is 34.6 Å². The van der Waals surface area contributed by atoms with Crippen LogP contribution < -0.4 is 10.5 Å². The third kappa shape index (κ3) is 3.06. The molecule has 0 bridgehead atoms. The monoisotopic (exact) mass is 329 g/mol. The molecule has 1 aliphatic rings. The molecule has 1 aliphatic carbocycles. The van der Waals surface area contributed by atoms with E-state index in [1.54, 1.807) is 0 Å². The highest BCUT2D eigenvalue weighted by atomic mass is 16.5. The highest BCUT2D eigenvalue weighted by molar-refractivity contribution is 5.79. The lowest BCUT2D eigenvalue weighted by Gasteiger charge is -2.14. The summed E-state index contributed by atoms with van der Waals surface area (Å²) < 4.78 is 6.04. The van der Waals surface area contributed by atoms with Gasteiger partial charge in [-0.1, -0.05) is 60.2 Å². The van der Waals surface area contributed by atoms with Crippen LogP contribution in [-0.2, 0) is 6.61 Å². The number of hydrogen-bond acceptors (Lipinski definition) is 2. The maximum absolute atomic E-state index is 6.04. The molecule has 2 nitrogen and oxygen atoms in total. The number of aryl methyl sites for hydroxylation is 1. The van der Waals surface area contributed by atoms with Gasteiger partial charge in [0.2, 0.25) is 0 Å². The van der Waals surface area contributed by atoms with Gasteiger partial charge in [-0.25, -0.2) is 0 Å². The molecule has 25 heavy (non-hydrogen) atoms. The fraction of sp³-hybridized carbons (Fsp3) is 0.217. The number of nitrogens with two attached hydrogens (primary N) is 1. The zero-order valence-corrected chi connectivity index (χ0v) is 14.5. The van der Waals surface area contributed by atoms with Crippen LogP contribution in [0.25, 0.3) is 11.1 Å². The number of hydrogen-bond donors (Lipinski definition) is 1. The molecular weight excluding hydrogens is 306 g/mol. The van der Waals surface area contributed by atoms with Crippen molar-refractivity contribution in [1.29, 1.82) is 0 Å². The van der Waals surface area contributed by atoms with Gasteiger partial charge in [-0.05, 0) is 59.8 Å². The van der Waals surface area contributed by atoms with Crippen molar-refractivity contribution in [2.75, 3.05) is 6.54 Å². The topological polar surface area (TPSA) is 35.2 Å². The second-order valence-electron chi connectivity index (χ2n) is 6.74. The molecule has 4 rings (SSSR count). The number of fused-ring (bicyclic) bond motifs is 3. The molecule has 0 amide bonds. The molecule has 0 radical (unpaired) electrons. The van der Waals surface area contributed by atoms with Crippen molar-refractivity contribution in [2.24, 2.45) is 5.73 Å². The minimum atomic E-state index is 0.371. The standard InChI is InChI=1S/C23H23NO/c1-16-7-9-19-20-10-8-18(25-15-17-5-3-2-4-6-17)14-23(20)21(11-12-24)22(19)13-16/h2-10,13-14,21H,11-12,15,24H2,1H3. The van der Waals surface area contributed by atoms with Crippen LogP contribution in [0.2, 0.25) is 0 Å². The van der Waals surface area contributed by atoms with Gasteiger partial charge in [-0.2, -0.15) is 0 Å². The second kappa shape index (κ2) is 6.73. The van der Waals surface area contributed by atoms with Crippen LogP contribution >= 0.6 is 0 Å². The van der Waals surface area contributed by atoms with Gasteiger partial charge < -0.3 is 10.5 Å². The van der Waals surface area contributed by atoms with Gasteiger partial charge in [0.25, 0.3) is 0 Å². The van der Waals surface area contributed by atoms with Crippen molar-refractivity contribution in [3.63, 3.8) is 0 Å². The van der Waals surface area contributed by atoms with Gasteiger partial charge >= 0.3 is 0 Å². The Balaban J connectivity index is 1.65. The van der Waals surface area contributed by atoms with Gasteiger partial charge in [-0.3, -0.25) is 0 Å². The fourth-order valence-corrected chi connectivity index (χ4v) is 3.77. The molecule has 2 heteroatoms.